The third-order valence-electron chi connectivity index (χ3n) is 6.26. The van der Waals surface area contributed by atoms with Crippen LogP contribution in [-0.2, 0) is 4.74 Å². The Bertz CT molecular complexity index is 1320. The number of amides is 2. The van der Waals surface area contributed by atoms with Crippen molar-refractivity contribution in [3.8, 4) is 0 Å². The lowest BCUT2D eigenvalue weighted by molar-refractivity contribution is 0.0290. The van der Waals surface area contributed by atoms with E-state index in [1.807, 2.05) is 26.8 Å². The van der Waals surface area contributed by atoms with Crippen LogP contribution in [0, 0.1) is 0 Å². The van der Waals surface area contributed by atoms with Crippen LogP contribution in [0.2, 0.25) is 0 Å². The number of aromatic nitrogens is 4. The molecule has 2 aliphatic rings. The third kappa shape index (κ3) is 6.42. The maximum absolute atomic E-state index is 12.8. The summed E-state index contributed by atoms with van der Waals surface area (Å²) in [6.07, 6.45) is 4.20. The van der Waals surface area contributed by atoms with Crippen LogP contribution in [0.3, 0.4) is 0 Å². The highest BCUT2D eigenvalue weighted by Crippen LogP contribution is 2.39. The van der Waals surface area contributed by atoms with Crippen LogP contribution >= 0.6 is 0 Å². The Balaban J connectivity index is 1.15. The van der Waals surface area contributed by atoms with Crippen LogP contribution in [0.1, 0.15) is 62.0 Å². The first kappa shape index (κ1) is 25.6. The van der Waals surface area contributed by atoms with E-state index in [0.29, 0.717) is 59.7 Å². The van der Waals surface area contributed by atoms with Crippen molar-refractivity contribution < 1.29 is 14.3 Å². The first-order valence-electron chi connectivity index (χ1n) is 12.7. The van der Waals surface area contributed by atoms with Crippen LogP contribution in [0.25, 0.3) is 0 Å². The van der Waals surface area contributed by atoms with E-state index in [-0.39, 0.29) is 18.0 Å². The van der Waals surface area contributed by atoms with Crippen molar-refractivity contribution in [2.45, 2.75) is 57.6 Å². The van der Waals surface area contributed by atoms with Gasteiger partial charge in [0, 0.05) is 54.3 Å². The fourth-order valence-corrected chi connectivity index (χ4v) is 4.15. The van der Waals surface area contributed by atoms with Crippen LogP contribution in [-0.4, -0.2) is 69.6 Å². The molecular formula is C26H31BN8O3. The van der Waals surface area contributed by atoms with Gasteiger partial charge in [0.15, 0.2) is 5.82 Å². The van der Waals surface area contributed by atoms with Gasteiger partial charge in [0.05, 0.1) is 0 Å². The predicted molar refractivity (Wildman–Crippen MR) is 145 cm³/mol. The molecule has 0 bridgehead atoms. The molecular weight excluding hydrogens is 483 g/mol. The second-order valence-corrected chi connectivity index (χ2v) is 10.7. The van der Waals surface area contributed by atoms with E-state index >= 15 is 0 Å². The number of H-pyrrole nitrogens is 1. The number of likely N-dealkylation sites (tertiary alicyclic amines) is 1. The fourth-order valence-electron chi connectivity index (χ4n) is 4.15. The standard InChI is InChI=1S/C26H31BN8O3/c1-26(2,3)38-25(37)35-11-10-18(14-35)29-23(36)16-6-8-17(9-7-16)30-24-28-13-19(27)22(32-24)31-21-12-20(33-34-21)15-4-5-15/h6-9,12-13,15,18H,4-5,10-11,14H2,1-3H3,(H,29,36)(H3,28,30,31,32,33,34)/t18-/m1/s1. The van der Waals surface area contributed by atoms with E-state index in [4.69, 9.17) is 12.6 Å². The van der Waals surface area contributed by atoms with E-state index in [1.54, 1.807) is 29.2 Å². The molecule has 1 aliphatic heterocycles. The van der Waals surface area contributed by atoms with Crippen molar-refractivity contribution in [1.82, 2.24) is 30.4 Å². The summed E-state index contributed by atoms with van der Waals surface area (Å²) in [5, 5.41) is 16.6. The maximum atomic E-state index is 12.8. The Labute approximate surface area is 222 Å². The van der Waals surface area contributed by atoms with Crippen molar-refractivity contribution in [3.63, 3.8) is 0 Å². The summed E-state index contributed by atoms with van der Waals surface area (Å²) in [6.45, 7) is 6.46. The average molecular weight is 514 g/mol. The Kier molecular flexibility index (Phi) is 6.96. The van der Waals surface area contributed by atoms with Crippen molar-refractivity contribution in [1.29, 1.82) is 0 Å². The van der Waals surface area contributed by atoms with Gasteiger partial charge < -0.3 is 25.6 Å². The molecule has 38 heavy (non-hydrogen) atoms. The highest BCUT2D eigenvalue weighted by atomic mass is 16.6. The minimum absolute atomic E-state index is 0.128. The van der Waals surface area contributed by atoms with E-state index in [0.717, 1.165) is 5.69 Å². The Morgan fingerprint density at radius 1 is 1.13 bits per heavy atom. The zero-order valence-electron chi connectivity index (χ0n) is 21.7. The summed E-state index contributed by atoms with van der Waals surface area (Å²) in [5.74, 6) is 1.81. The molecule has 4 N–H and O–H groups in total. The highest BCUT2D eigenvalue weighted by Gasteiger charge is 2.30. The van der Waals surface area contributed by atoms with Crippen molar-refractivity contribution in [2.75, 3.05) is 23.7 Å². The molecule has 11 nitrogen and oxygen atoms in total. The van der Waals surface area contributed by atoms with E-state index in [2.05, 4.69) is 36.1 Å². The number of nitrogens with zero attached hydrogens (tertiary/aromatic N) is 4. The fraction of sp³-hybridized carbons (Fsp3) is 0.423. The summed E-state index contributed by atoms with van der Waals surface area (Å²) in [4.78, 5) is 35.4. The minimum Gasteiger partial charge on any atom is -0.444 e. The topological polar surface area (TPSA) is 137 Å². The van der Waals surface area contributed by atoms with Gasteiger partial charge in [-0.25, -0.2) is 9.78 Å². The number of anilines is 4. The summed E-state index contributed by atoms with van der Waals surface area (Å²) in [6, 6.07) is 8.83. The molecule has 2 fully saturated rings. The largest absolute Gasteiger partial charge is 0.444 e. The van der Waals surface area contributed by atoms with Gasteiger partial charge >= 0.3 is 6.09 Å². The molecule has 12 heteroatoms. The average Bonchev–Trinajstić information content (AvgIpc) is 3.42. The molecule has 196 valence electrons. The van der Waals surface area contributed by atoms with Gasteiger partial charge in [0.25, 0.3) is 5.91 Å². The minimum atomic E-state index is -0.553. The molecule has 2 amide bonds. The number of ether oxygens (including phenoxy) is 1. The van der Waals surface area contributed by atoms with Gasteiger partial charge in [-0.2, -0.15) is 10.1 Å². The van der Waals surface area contributed by atoms with Crippen molar-refractivity contribution in [2.24, 2.45) is 0 Å². The molecule has 1 atom stereocenters. The van der Waals surface area contributed by atoms with E-state index < -0.39 is 5.60 Å². The highest BCUT2D eigenvalue weighted by molar-refractivity contribution is 6.35. The van der Waals surface area contributed by atoms with Crippen molar-refractivity contribution >= 4 is 48.6 Å². The van der Waals surface area contributed by atoms with Gasteiger partial charge in [-0.1, -0.05) is 0 Å². The number of aromatic amines is 1. The lowest BCUT2D eigenvalue weighted by Gasteiger charge is -2.24. The van der Waals surface area contributed by atoms with Gasteiger partial charge in [-0.15, -0.1) is 0 Å². The summed E-state index contributed by atoms with van der Waals surface area (Å²) >= 11 is 0. The number of rotatable bonds is 7. The third-order valence-corrected chi connectivity index (χ3v) is 6.26. The smallest absolute Gasteiger partial charge is 0.410 e. The number of carbonyl (C=O) groups is 2. The first-order chi connectivity index (χ1) is 18.1. The lowest BCUT2D eigenvalue weighted by Crippen LogP contribution is -2.40. The molecule has 1 saturated heterocycles. The number of hydrogen-bond acceptors (Lipinski definition) is 8. The van der Waals surface area contributed by atoms with Crippen LogP contribution in [0.4, 0.5) is 28.1 Å². The van der Waals surface area contributed by atoms with Crippen LogP contribution in [0.5, 0.6) is 0 Å². The van der Waals surface area contributed by atoms with Gasteiger partial charge in [-0.3, -0.25) is 9.89 Å². The molecule has 0 unspecified atom stereocenters. The number of benzene rings is 1. The second-order valence-electron chi connectivity index (χ2n) is 10.7. The molecule has 1 aromatic carbocycles. The molecule has 1 saturated carbocycles. The second kappa shape index (κ2) is 10.3. The van der Waals surface area contributed by atoms with Crippen LogP contribution < -0.4 is 21.4 Å². The molecule has 3 aromatic rings. The van der Waals surface area contributed by atoms with Crippen LogP contribution in [0.15, 0.2) is 36.5 Å². The quantitative estimate of drug-likeness (QED) is 0.353. The zero-order valence-corrected chi connectivity index (χ0v) is 21.7. The molecule has 0 spiro atoms. The number of hydrogen-bond donors (Lipinski definition) is 4. The molecule has 5 rings (SSSR count). The van der Waals surface area contributed by atoms with E-state index in [1.165, 1.54) is 19.0 Å². The Morgan fingerprint density at radius 3 is 2.61 bits per heavy atom. The lowest BCUT2D eigenvalue weighted by atomic mass is 9.99. The predicted octanol–water partition coefficient (Wildman–Crippen LogP) is 3.10. The maximum Gasteiger partial charge on any atom is 0.410 e. The number of nitrogens with one attached hydrogen (secondary N) is 4. The first-order valence-corrected chi connectivity index (χ1v) is 12.7. The summed E-state index contributed by atoms with van der Waals surface area (Å²) in [5.41, 5.74) is 2.18. The zero-order chi connectivity index (χ0) is 26.9. The molecule has 1 aliphatic carbocycles. The molecule has 2 radical (unpaired) electrons. The van der Waals surface area contributed by atoms with Gasteiger partial charge in [-0.05, 0) is 69.8 Å². The Morgan fingerprint density at radius 2 is 1.89 bits per heavy atom. The Hall–Kier alpha value is -4.09. The number of carbonyl (C=O) groups excluding carboxylic acids is 2. The van der Waals surface area contributed by atoms with E-state index in [9.17, 15) is 9.59 Å². The van der Waals surface area contributed by atoms with Crippen molar-refractivity contribution in [3.05, 3.63) is 47.8 Å². The summed E-state index contributed by atoms with van der Waals surface area (Å²) in [7, 11) is 6.06. The van der Waals surface area contributed by atoms with Gasteiger partial charge in [0.1, 0.15) is 19.3 Å². The molecule has 3 heterocycles. The monoisotopic (exact) mass is 514 g/mol. The SMILES string of the molecule is [B]c1cnc(Nc2ccc(C(=O)N[C@@H]3CCN(C(=O)OC(C)(C)C)C3)cc2)nc1Nc1cc(C2CC2)[nH]n1. The normalized spacial score (nSPS) is 17.2. The summed E-state index contributed by atoms with van der Waals surface area (Å²) < 4.78 is 5.42. The van der Waals surface area contributed by atoms with Gasteiger partial charge in [0.2, 0.25) is 5.95 Å². The molecule has 2 aromatic heterocycles.